The summed E-state index contributed by atoms with van der Waals surface area (Å²) in [6.45, 7) is 1.79. The van der Waals surface area contributed by atoms with Crippen LogP contribution in [0.15, 0.2) is 47.5 Å². The summed E-state index contributed by atoms with van der Waals surface area (Å²) in [6, 6.07) is 9.15. The summed E-state index contributed by atoms with van der Waals surface area (Å²) in [5, 5.41) is 3.53. The summed E-state index contributed by atoms with van der Waals surface area (Å²) in [5.41, 5.74) is 0.830. The number of halogens is 4. The highest BCUT2D eigenvalue weighted by Gasteiger charge is 2.31. The zero-order valence-electron chi connectivity index (χ0n) is 15.0. The summed E-state index contributed by atoms with van der Waals surface area (Å²) in [4.78, 5) is 17.0. The Labute approximate surface area is 163 Å². The predicted octanol–water partition coefficient (Wildman–Crippen LogP) is 5.35. The van der Waals surface area contributed by atoms with Crippen LogP contribution in [0.2, 0.25) is 0 Å². The minimum atomic E-state index is -4.47. The average molecular weight is 408 g/mol. The van der Waals surface area contributed by atoms with Gasteiger partial charge in [-0.25, -0.2) is 9.37 Å². The van der Waals surface area contributed by atoms with Crippen LogP contribution < -0.4 is 5.32 Å². The van der Waals surface area contributed by atoms with Crippen molar-refractivity contribution in [2.45, 2.75) is 24.7 Å². The van der Waals surface area contributed by atoms with E-state index >= 15 is 0 Å². The second kappa shape index (κ2) is 7.79. The Morgan fingerprint density at radius 1 is 1.18 bits per heavy atom. The lowest BCUT2D eigenvalue weighted by Crippen LogP contribution is -2.25. The number of amides is 1. The molecule has 28 heavy (non-hydrogen) atoms. The van der Waals surface area contributed by atoms with Crippen LogP contribution in [0, 0.1) is 12.7 Å². The van der Waals surface area contributed by atoms with Gasteiger partial charge in [-0.1, -0.05) is 18.2 Å². The molecule has 1 amide bonds. The van der Waals surface area contributed by atoms with Crippen LogP contribution in [-0.2, 0) is 12.7 Å². The van der Waals surface area contributed by atoms with Gasteiger partial charge in [0.1, 0.15) is 10.8 Å². The van der Waals surface area contributed by atoms with Crippen molar-refractivity contribution >= 4 is 28.6 Å². The number of alkyl halides is 3. The maximum atomic E-state index is 13.3. The first-order chi connectivity index (χ1) is 13.2. The molecule has 146 valence electrons. The summed E-state index contributed by atoms with van der Waals surface area (Å²) >= 11 is 1.18. The van der Waals surface area contributed by atoms with Gasteiger partial charge in [0.2, 0.25) is 0 Å². The summed E-state index contributed by atoms with van der Waals surface area (Å²) in [5.74, 6) is -0.819. The normalized spacial score (nSPS) is 11.6. The number of nitrogens with one attached hydrogen (secondary N) is 1. The topological polar surface area (TPSA) is 42.0 Å². The lowest BCUT2D eigenvalue weighted by atomic mass is 10.0. The largest absolute Gasteiger partial charge is 0.416 e. The molecule has 0 fully saturated rings. The molecule has 0 aliphatic rings. The Balaban J connectivity index is 1.97. The molecule has 0 spiro atoms. The maximum Gasteiger partial charge on any atom is 0.416 e. The van der Waals surface area contributed by atoms with Crippen molar-refractivity contribution in [2.24, 2.45) is 0 Å². The summed E-state index contributed by atoms with van der Waals surface area (Å²) < 4.78 is 52.2. The number of benzene rings is 2. The van der Waals surface area contributed by atoms with Crippen LogP contribution in [0.25, 0.3) is 10.9 Å². The minimum absolute atomic E-state index is 0.120. The van der Waals surface area contributed by atoms with Crippen molar-refractivity contribution in [3.05, 3.63) is 70.5 Å². The highest BCUT2D eigenvalue weighted by molar-refractivity contribution is 7.98. The number of thioether (sulfide) groups is 1. The number of hydrogen-bond donors (Lipinski definition) is 1. The van der Waals surface area contributed by atoms with E-state index in [1.54, 1.807) is 25.3 Å². The van der Waals surface area contributed by atoms with Crippen molar-refractivity contribution in [1.82, 2.24) is 10.3 Å². The Morgan fingerprint density at radius 3 is 2.57 bits per heavy atom. The Morgan fingerprint density at radius 2 is 1.93 bits per heavy atom. The monoisotopic (exact) mass is 408 g/mol. The van der Waals surface area contributed by atoms with E-state index in [-0.39, 0.29) is 12.1 Å². The number of carbonyl (C=O) groups is 1. The molecule has 8 heteroatoms. The molecule has 0 unspecified atom stereocenters. The van der Waals surface area contributed by atoms with Crippen molar-refractivity contribution < 1.29 is 22.4 Å². The van der Waals surface area contributed by atoms with Crippen molar-refractivity contribution in [3.8, 4) is 0 Å². The van der Waals surface area contributed by atoms with Gasteiger partial charge in [0.05, 0.1) is 16.6 Å². The minimum Gasteiger partial charge on any atom is -0.348 e. The predicted molar refractivity (Wildman–Crippen MR) is 101 cm³/mol. The third-order valence-corrected chi connectivity index (χ3v) is 4.98. The molecule has 0 atom stereocenters. The molecule has 0 saturated carbocycles. The molecule has 0 aliphatic carbocycles. The van der Waals surface area contributed by atoms with Crippen molar-refractivity contribution in [2.75, 3.05) is 6.26 Å². The third kappa shape index (κ3) is 4.11. The molecule has 3 aromatic rings. The van der Waals surface area contributed by atoms with Crippen LogP contribution >= 0.6 is 11.8 Å². The highest BCUT2D eigenvalue weighted by Crippen LogP contribution is 2.34. The van der Waals surface area contributed by atoms with E-state index in [9.17, 15) is 22.4 Å². The molecule has 1 N–H and O–H groups in total. The van der Waals surface area contributed by atoms with Gasteiger partial charge >= 0.3 is 6.18 Å². The lowest BCUT2D eigenvalue weighted by Gasteiger charge is -2.15. The number of pyridine rings is 1. The zero-order chi connectivity index (χ0) is 20.5. The van der Waals surface area contributed by atoms with Crippen LogP contribution in [0.5, 0.6) is 0 Å². The quantitative estimate of drug-likeness (QED) is 0.467. The van der Waals surface area contributed by atoms with E-state index in [1.807, 2.05) is 0 Å². The lowest BCUT2D eigenvalue weighted by molar-refractivity contribution is -0.137. The molecule has 2 aromatic carbocycles. The van der Waals surface area contributed by atoms with E-state index in [1.165, 1.54) is 30.0 Å². The smallest absolute Gasteiger partial charge is 0.348 e. The van der Waals surface area contributed by atoms with Gasteiger partial charge in [0.15, 0.2) is 0 Å². The van der Waals surface area contributed by atoms with Gasteiger partial charge in [-0.15, -0.1) is 11.8 Å². The molecule has 0 saturated heterocycles. The van der Waals surface area contributed by atoms with Gasteiger partial charge in [0.25, 0.3) is 5.91 Å². The average Bonchev–Trinajstić information content (AvgIpc) is 2.64. The number of nitrogens with zero attached hydrogens (tertiary/aromatic N) is 1. The second-order valence-electron chi connectivity index (χ2n) is 6.16. The number of fused-ring (bicyclic) bond motifs is 1. The molecule has 3 rings (SSSR count). The molecule has 0 radical (unpaired) electrons. The summed E-state index contributed by atoms with van der Waals surface area (Å²) in [7, 11) is 0. The van der Waals surface area contributed by atoms with Gasteiger partial charge in [-0.2, -0.15) is 13.2 Å². The second-order valence-corrected chi connectivity index (χ2v) is 6.96. The van der Waals surface area contributed by atoms with Crippen molar-refractivity contribution in [1.29, 1.82) is 0 Å². The van der Waals surface area contributed by atoms with Gasteiger partial charge < -0.3 is 5.32 Å². The van der Waals surface area contributed by atoms with Crippen molar-refractivity contribution in [3.63, 3.8) is 0 Å². The number of carbonyl (C=O) groups excluding carboxylic acids is 1. The molecule has 1 aromatic heterocycles. The van der Waals surface area contributed by atoms with Gasteiger partial charge in [-0.3, -0.25) is 4.79 Å². The van der Waals surface area contributed by atoms with Crippen LogP contribution in [0.4, 0.5) is 17.6 Å². The SMILES string of the molecule is CSc1nc2cc(C(F)(F)F)ccc2c(C)c1C(=O)NCc1cccc(F)c1. The standard InChI is InChI=1S/C20H16F4N2OS/c1-11-15-7-6-13(20(22,23)24)9-16(15)26-19(28-2)17(11)18(27)25-10-12-4-3-5-14(21)8-12/h3-9H,10H2,1-2H3,(H,25,27). The van der Waals surface area contributed by atoms with E-state index in [2.05, 4.69) is 10.3 Å². The fraction of sp³-hybridized carbons (Fsp3) is 0.200. The van der Waals surface area contributed by atoms with Crippen LogP contribution in [0.3, 0.4) is 0 Å². The van der Waals surface area contributed by atoms with Gasteiger partial charge in [-0.05, 0) is 48.6 Å². The molecule has 1 heterocycles. The first-order valence-electron chi connectivity index (χ1n) is 8.29. The maximum absolute atomic E-state index is 13.3. The highest BCUT2D eigenvalue weighted by atomic mass is 32.2. The third-order valence-electron chi connectivity index (χ3n) is 4.30. The van der Waals surface area contributed by atoms with E-state index in [0.717, 1.165) is 12.1 Å². The van der Waals surface area contributed by atoms with E-state index in [0.29, 0.717) is 27.1 Å². The summed E-state index contributed by atoms with van der Waals surface area (Å²) in [6.07, 6.45) is -2.77. The fourth-order valence-corrected chi connectivity index (χ4v) is 3.55. The Bertz CT molecular complexity index is 1050. The zero-order valence-corrected chi connectivity index (χ0v) is 15.8. The number of aryl methyl sites for hydroxylation is 1. The first kappa shape index (κ1) is 20.1. The Hall–Kier alpha value is -2.61. The molecular formula is C20H16F4N2OS. The fourth-order valence-electron chi connectivity index (χ4n) is 2.91. The van der Waals surface area contributed by atoms with E-state index in [4.69, 9.17) is 0 Å². The number of rotatable bonds is 4. The first-order valence-corrected chi connectivity index (χ1v) is 9.51. The number of hydrogen-bond acceptors (Lipinski definition) is 3. The van der Waals surface area contributed by atoms with Crippen LogP contribution in [-0.4, -0.2) is 17.1 Å². The molecule has 0 bridgehead atoms. The van der Waals surface area contributed by atoms with E-state index < -0.39 is 23.5 Å². The van der Waals surface area contributed by atoms with Gasteiger partial charge in [0, 0.05) is 11.9 Å². The molecule has 0 aliphatic heterocycles. The number of aromatic nitrogens is 1. The molecule has 3 nitrogen and oxygen atoms in total. The Kier molecular flexibility index (Phi) is 5.60. The van der Waals surface area contributed by atoms with Crippen LogP contribution in [0.1, 0.15) is 27.0 Å². The molecular weight excluding hydrogens is 392 g/mol.